The van der Waals surface area contributed by atoms with Crippen molar-refractivity contribution < 1.29 is 27.5 Å². The Morgan fingerprint density at radius 3 is 0.776 bits per heavy atom. The molecule has 0 aliphatic carbocycles. The summed E-state index contributed by atoms with van der Waals surface area (Å²) in [6, 6.07) is 52.3. The molecule has 0 bridgehead atoms. The molecule has 0 spiro atoms. The second kappa shape index (κ2) is 20.9. The van der Waals surface area contributed by atoms with Crippen LogP contribution in [0.5, 0.6) is 17.2 Å². The van der Waals surface area contributed by atoms with Gasteiger partial charge in [-0.05, 0) is 147 Å². The first-order chi connectivity index (χ1) is 36.4. The van der Waals surface area contributed by atoms with Gasteiger partial charge in [-0.15, -0.1) is 30.6 Å². The summed E-state index contributed by atoms with van der Waals surface area (Å²) in [6.45, 7) is 22.5. The number of hydrogen-bond acceptors (Lipinski definition) is 12. The van der Waals surface area contributed by atoms with Gasteiger partial charge in [0.2, 0.25) is 41.1 Å². The smallest absolute Gasteiger partial charge is 0.248 e. The molecule has 384 valence electrons. The minimum Gasteiger partial charge on any atom is -0.485 e. The van der Waals surface area contributed by atoms with Gasteiger partial charge in [-0.1, -0.05) is 135 Å². The fourth-order valence-corrected chi connectivity index (χ4v) is 8.48. The van der Waals surface area contributed by atoms with E-state index in [-0.39, 0.29) is 36.1 Å². The second-order valence-corrected chi connectivity index (χ2v) is 22.3. The molecule has 3 heterocycles. The SMILES string of the molecule is Cc1cc(OCc2ccc(-c3nnc(-c4ccc(C(C)(C)C)cc4)o3)cc2)c(OCc2ccc(-c3nnc(-c4ccc(C(C)(C)C)cc4)o3)cc2)c(OCc2ccc(-c3nnc(-c4ccc(C(C)(C)C)cc4)o3)cc2)c1. The summed E-state index contributed by atoms with van der Waals surface area (Å²) in [7, 11) is 0. The second-order valence-electron chi connectivity index (χ2n) is 22.3. The topological polar surface area (TPSA) is 144 Å². The molecule has 76 heavy (non-hydrogen) atoms. The van der Waals surface area contributed by atoms with Crippen LogP contribution in [0.2, 0.25) is 0 Å². The molecule has 0 saturated heterocycles. The first-order valence-electron chi connectivity index (χ1n) is 25.5. The highest BCUT2D eigenvalue weighted by Crippen LogP contribution is 2.41. The number of aromatic nitrogens is 6. The molecule has 0 aliphatic heterocycles. The number of aryl methyl sites for hydroxylation is 1. The third-order valence-electron chi connectivity index (χ3n) is 13.2. The Hall–Kier alpha value is -8.64. The highest BCUT2D eigenvalue weighted by Gasteiger charge is 2.21. The Bertz CT molecular complexity index is 3390. The average molecular weight is 1010 g/mol. The van der Waals surface area contributed by atoms with Gasteiger partial charge in [0.05, 0.1) is 0 Å². The van der Waals surface area contributed by atoms with Crippen molar-refractivity contribution in [2.24, 2.45) is 0 Å². The Balaban J connectivity index is 0.847. The van der Waals surface area contributed by atoms with E-state index in [1.165, 1.54) is 16.7 Å². The number of hydrogen-bond donors (Lipinski definition) is 0. The first kappa shape index (κ1) is 50.9. The van der Waals surface area contributed by atoms with Crippen LogP contribution in [-0.4, -0.2) is 30.6 Å². The summed E-state index contributed by atoms with van der Waals surface area (Å²) < 4.78 is 38.2. The Morgan fingerprint density at radius 1 is 0.316 bits per heavy atom. The van der Waals surface area contributed by atoms with E-state index in [0.29, 0.717) is 52.6 Å². The van der Waals surface area contributed by atoms with Gasteiger partial charge in [0.1, 0.15) is 19.8 Å². The van der Waals surface area contributed by atoms with E-state index in [0.717, 1.165) is 55.6 Å². The Kier molecular flexibility index (Phi) is 14.0. The minimum absolute atomic E-state index is 0.0444. The number of nitrogens with zero attached hydrogens (tertiary/aromatic N) is 6. The van der Waals surface area contributed by atoms with Crippen molar-refractivity contribution in [3.63, 3.8) is 0 Å². The van der Waals surface area contributed by atoms with E-state index in [9.17, 15) is 0 Å². The van der Waals surface area contributed by atoms with Crippen molar-refractivity contribution in [2.75, 3.05) is 0 Å². The van der Waals surface area contributed by atoms with E-state index in [1.807, 2.05) is 128 Å². The fourth-order valence-electron chi connectivity index (χ4n) is 8.48. The molecule has 0 N–H and O–H groups in total. The maximum absolute atomic E-state index is 6.65. The van der Waals surface area contributed by atoms with Gasteiger partial charge in [-0.2, -0.15) is 0 Å². The lowest BCUT2D eigenvalue weighted by Gasteiger charge is -2.18. The van der Waals surface area contributed by atoms with E-state index in [4.69, 9.17) is 27.5 Å². The van der Waals surface area contributed by atoms with Crippen LogP contribution >= 0.6 is 0 Å². The first-order valence-corrected chi connectivity index (χ1v) is 25.5. The minimum atomic E-state index is 0.0444. The van der Waals surface area contributed by atoms with E-state index in [1.54, 1.807) is 0 Å². The lowest BCUT2D eigenvalue weighted by Crippen LogP contribution is -2.10. The zero-order valence-electron chi connectivity index (χ0n) is 44.8. The van der Waals surface area contributed by atoms with Crippen molar-refractivity contribution in [3.8, 4) is 86.0 Å². The van der Waals surface area contributed by atoms with Gasteiger partial charge in [0.15, 0.2) is 11.5 Å². The van der Waals surface area contributed by atoms with Gasteiger partial charge in [-0.3, -0.25) is 0 Å². The average Bonchev–Trinajstić information content (AvgIpc) is 4.23. The molecule has 0 fully saturated rings. The summed E-state index contributed by atoms with van der Waals surface area (Å²) in [5.74, 6) is 4.27. The zero-order valence-corrected chi connectivity index (χ0v) is 44.8. The van der Waals surface area contributed by atoms with Gasteiger partial charge in [-0.25, -0.2) is 0 Å². The zero-order chi connectivity index (χ0) is 53.2. The standard InChI is InChI=1S/C64H62N6O6/c1-40-35-53(71-37-41-11-17-44(18-12-41)56-65-68-59(74-56)47-23-29-50(30-24-47)62(2,3)4)55(73-39-43-15-21-46(22-16-43)58-67-70-61(76-58)49-27-33-52(34-28-49)64(8,9)10)54(36-40)72-38-42-13-19-45(20-14-42)57-66-69-60(75-57)48-25-31-51(32-26-48)63(5,6)7/h11-36H,37-39H2,1-10H3. The van der Waals surface area contributed by atoms with Crippen molar-refractivity contribution in [1.82, 2.24) is 30.6 Å². The summed E-state index contributed by atoms with van der Waals surface area (Å²) in [5.41, 5.74) is 12.6. The van der Waals surface area contributed by atoms with Crippen LogP contribution in [0.4, 0.5) is 0 Å². The molecule has 0 saturated carbocycles. The van der Waals surface area contributed by atoms with Crippen molar-refractivity contribution in [1.29, 1.82) is 0 Å². The quantitative estimate of drug-likeness (QED) is 0.0964. The van der Waals surface area contributed by atoms with Crippen LogP contribution in [0.3, 0.4) is 0 Å². The molecule has 0 radical (unpaired) electrons. The van der Waals surface area contributed by atoms with Crippen molar-refractivity contribution in [3.05, 3.63) is 197 Å². The third kappa shape index (κ3) is 11.8. The lowest BCUT2D eigenvalue weighted by molar-refractivity contribution is 0.230. The van der Waals surface area contributed by atoms with Crippen LogP contribution in [0.15, 0.2) is 171 Å². The molecular weight excluding hydrogens is 949 g/mol. The molecule has 7 aromatic carbocycles. The van der Waals surface area contributed by atoms with Gasteiger partial charge < -0.3 is 27.5 Å². The normalized spacial score (nSPS) is 12.0. The third-order valence-corrected chi connectivity index (χ3v) is 13.2. The van der Waals surface area contributed by atoms with Crippen LogP contribution in [-0.2, 0) is 36.1 Å². The molecule has 0 amide bonds. The monoisotopic (exact) mass is 1010 g/mol. The highest BCUT2D eigenvalue weighted by molar-refractivity contribution is 5.62. The van der Waals surface area contributed by atoms with Crippen LogP contribution < -0.4 is 14.2 Å². The number of ether oxygens (including phenoxy) is 3. The van der Waals surface area contributed by atoms with Gasteiger partial charge in [0, 0.05) is 33.4 Å². The predicted molar refractivity (Wildman–Crippen MR) is 296 cm³/mol. The van der Waals surface area contributed by atoms with Crippen LogP contribution in [0, 0.1) is 6.92 Å². The molecule has 10 aromatic rings. The summed E-state index contributed by atoms with van der Waals surface area (Å²) in [6.07, 6.45) is 0. The van der Waals surface area contributed by atoms with Gasteiger partial charge in [0.25, 0.3) is 0 Å². The van der Waals surface area contributed by atoms with E-state index in [2.05, 4.69) is 129 Å². The maximum Gasteiger partial charge on any atom is 0.248 e. The molecule has 12 nitrogen and oxygen atoms in total. The van der Waals surface area contributed by atoms with E-state index >= 15 is 0 Å². The molecule has 10 rings (SSSR count). The summed E-state index contributed by atoms with van der Waals surface area (Å²) in [5, 5.41) is 26.1. The lowest BCUT2D eigenvalue weighted by atomic mass is 9.87. The Labute approximate surface area is 444 Å². The molecule has 0 unspecified atom stereocenters. The molecule has 12 heteroatoms. The molecule has 0 atom stereocenters. The van der Waals surface area contributed by atoms with Crippen LogP contribution in [0.1, 0.15) is 101 Å². The number of benzene rings is 7. The van der Waals surface area contributed by atoms with Crippen molar-refractivity contribution >= 4 is 0 Å². The molecule has 3 aromatic heterocycles. The highest BCUT2D eigenvalue weighted by atomic mass is 16.5. The van der Waals surface area contributed by atoms with Gasteiger partial charge >= 0.3 is 0 Å². The largest absolute Gasteiger partial charge is 0.485 e. The fraction of sp³-hybridized carbons (Fsp3) is 0.250. The maximum atomic E-state index is 6.65. The van der Waals surface area contributed by atoms with Crippen molar-refractivity contribution in [2.45, 2.75) is 105 Å². The molecular formula is C64H62N6O6. The van der Waals surface area contributed by atoms with Crippen LogP contribution in [0.25, 0.3) is 68.7 Å². The summed E-state index contributed by atoms with van der Waals surface area (Å²) in [4.78, 5) is 0. The predicted octanol–water partition coefficient (Wildman–Crippen LogP) is 15.8. The summed E-state index contributed by atoms with van der Waals surface area (Å²) >= 11 is 0. The van der Waals surface area contributed by atoms with E-state index < -0.39 is 0 Å². The Morgan fingerprint density at radius 2 is 0.539 bits per heavy atom. The molecule has 0 aliphatic rings. The number of rotatable bonds is 15.